The predicted octanol–water partition coefficient (Wildman–Crippen LogP) is 1.08. The number of carbonyl (C=O) groups is 1. The van der Waals surface area contributed by atoms with Crippen molar-refractivity contribution in [2.24, 2.45) is 5.73 Å². The lowest BCUT2D eigenvalue weighted by atomic mass is 10.0. The Labute approximate surface area is 128 Å². The topological polar surface area (TPSA) is 119 Å². The van der Waals surface area contributed by atoms with Gasteiger partial charge in [-0.05, 0) is 34.5 Å². The fourth-order valence-corrected chi connectivity index (χ4v) is 2.57. The summed E-state index contributed by atoms with van der Waals surface area (Å²) in [4.78, 5) is 13.0. The molecule has 3 rings (SSSR count). The normalized spacial score (nSPS) is 22.8. The zero-order valence-electron chi connectivity index (χ0n) is 11.0. The molecule has 9 heteroatoms. The van der Waals surface area contributed by atoms with Gasteiger partial charge in [0.25, 0.3) is 5.89 Å². The summed E-state index contributed by atoms with van der Waals surface area (Å²) in [5, 5.41) is 16.9. The monoisotopic (exact) mass is 356 g/mol. The third-order valence-electron chi connectivity index (χ3n) is 3.42. The molecule has 3 heterocycles. The number of halogens is 1. The van der Waals surface area contributed by atoms with E-state index >= 15 is 0 Å². The van der Waals surface area contributed by atoms with Crippen LogP contribution in [0.5, 0.6) is 0 Å². The van der Waals surface area contributed by atoms with Crippen LogP contribution in [0, 0.1) is 0 Å². The average Bonchev–Trinajstić information content (AvgIpc) is 3.11. The lowest BCUT2D eigenvalue weighted by Crippen LogP contribution is -2.50. The molecule has 1 aliphatic rings. The number of hydrogen-bond donors (Lipinski definition) is 2. The van der Waals surface area contributed by atoms with Crippen LogP contribution in [-0.4, -0.2) is 44.8 Å². The van der Waals surface area contributed by atoms with Gasteiger partial charge in [0, 0.05) is 13.1 Å². The Morgan fingerprint density at radius 1 is 1.48 bits per heavy atom. The number of furan rings is 1. The van der Waals surface area contributed by atoms with Crippen molar-refractivity contribution in [1.82, 2.24) is 15.1 Å². The lowest BCUT2D eigenvalue weighted by molar-refractivity contribution is -0.142. The highest BCUT2D eigenvalue weighted by molar-refractivity contribution is 9.10. The van der Waals surface area contributed by atoms with Crippen molar-refractivity contribution >= 4 is 21.9 Å². The van der Waals surface area contributed by atoms with Crippen LogP contribution in [0.4, 0.5) is 0 Å². The molecule has 1 aliphatic heterocycles. The third-order valence-corrected chi connectivity index (χ3v) is 3.84. The molecule has 2 aromatic rings. The van der Waals surface area contributed by atoms with Gasteiger partial charge in [0.05, 0.1) is 6.54 Å². The Bertz CT molecular complexity index is 670. The molecule has 3 N–H and O–H groups in total. The Balaban J connectivity index is 1.67. The first-order valence-electron chi connectivity index (χ1n) is 6.29. The first-order chi connectivity index (χ1) is 9.96. The standard InChI is InChI=1S/C12H13BrN4O4/c13-8-2-1-7(20-8)10-16-15-9(21-10)5-17-4-3-12(14,6-17)11(18)19/h1-2H,3-6,14H2,(H,18,19). The van der Waals surface area contributed by atoms with Gasteiger partial charge in [-0.2, -0.15) is 0 Å². The molecule has 1 atom stereocenters. The smallest absolute Gasteiger partial charge is 0.325 e. The molecule has 0 aliphatic carbocycles. The van der Waals surface area contributed by atoms with Crippen molar-refractivity contribution in [3.63, 3.8) is 0 Å². The molecular formula is C12H13BrN4O4. The number of carboxylic acid groups (broad SMARTS) is 1. The SMILES string of the molecule is NC1(C(=O)O)CCN(Cc2nnc(-c3ccc(Br)o3)o2)C1. The number of carboxylic acids is 1. The number of hydrogen-bond acceptors (Lipinski definition) is 7. The minimum Gasteiger partial charge on any atom is -0.480 e. The van der Waals surface area contributed by atoms with Crippen LogP contribution in [0.15, 0.2) is 25.6 Å². The van der Waals surface area contributed by atoms with Crippen LogP contribution < -0.4 is 5.73 Å². The molecular weight excluding hydrogens is 344 g/mol. The van der Waals surface area contributed by atoms with E-state index in [0.717, 1.165) is 0 Å². The van der Waals surface area contributed by atoms with Gasteiger partial charge in [-0.25, -0.2) is 0 Å². The molecule has 0 radical (unpaired) electrons. The largest absolute Gasteiger partial charge is 0.480 e. The van der Waals surface area contributed by atoms with Crippen molar-refractivity contribution < 1.29 is 18.7 Å². The molecule has 0 amide bonds. The summed E-state index contributed by atoms with van der Waals surface area (Å²) >= 11 is 3.20. The molecule has 1 saturated heterocycles. The lowest BCUT2D eigenvalue weighted by Gasteiger charge is -2.18. The molecule has 21 heavy (non-hydrogen) atoms. The molecule has 0 bridgehead atoms. The average molecular weight is 357 g/mol. The maximum Gasteiger partial charge on any atom is 0.325 e. The zero-order valence-corrected chi connectivity index (χ0v) is 12.5. The number of likely N-dealkylation sites (tertiary alicyclic amines) is 1. The van der Waals surface area contributed by atoms with Crippen molar-refractivity contribution in [3.05, 3.63) is 22.7 Å². The number of nitrogens with two attached hydrogens (primary N) is 1. The fraction of sp³-hybridized carbons (Fsp3) is 0.417. The first-order valence-corrected chi connectivity index (χ1v) is 7.08. The Morgan fingerprint density at radius 2 is 2.29 bits per heavy atom. The highest BCUT2D eigenvalue weighted by Gasteiger charge is 2.41. The van der Waals surface area contributed by atoms with Gasteiger partial charge in [0.1, 0.15) is 5.54 Å². The minimum atomic E-state index is -1.20. The molecule has 2 aromatic heterocycles. The molecule has 112 valence electrons. The summed E-state index contributed by atoms with van der Waals surface area (Å²) in [5.41, 5.74) is 4.62. The Morgan fingerprint density at radius 3 is 2.90 bits per heavy atom. The van der Waals surface area contributed by atoms with Gasteiger partial charge < -0.3 is 19.7 Å². The van der Waals surface area contributed by atoms with E-state index in [9.17, 15) is 4.79 Å². The van der Waals surface area contributed by atoms with E-state index in [1.165, 1.54) is 0 Å². The second kappa shape index (κ2) is 5.24. The van der Waals surface area contributed by atoms with E-state index in [-0.39, 0.29) is 12.4 Å². The van der Waals surface area contributed by atoms with Gasteiger partial charge in [-0.3, -0.25) is 9.69 Å². The molecule has 0 spiro atoms. The van der Waals surface area contributed by atoms with Gasteiger partial charge in [0.15, 0.2) is 10.4 Å². The Hall–Kier alpha value is -1.71. The summed E-state index contributed by atoms with van der Waals surface area (Å²) in [7, 11) is 0. The number of rotatable bonds is 4. The third kappa shape index (κ3) is 2.85. The fourth-order valence-electron chi connectivity index (χ4n) is 2.26. The van der Waals surface area contributed by atoms with Gasteiger partial charge in [-0.1, -0.05) is 0 Å². The second-order valence-electron chi connectivity index (χ2n) is 5.03. The van der Waals surface area contributed by atoms with Crippen molar-refractivity contribution in [2.75, 3.05) is 13.1 Å². The van der Waals surface area contributed by atoms with E-state index in [2.05, 4.69) is 26.1 Å². The van der Waals surface area contributed by atoms with Crippen molar-refractivity contribution in [1.29, 1.82) is 0 Å². The van der Waals surface area contributed by atoms with E-state index in [0.29, 0.717) is 35.8 Å². The molecule has 1 fully saturated rings. The van der Waals surface area contributed by atoms with Crippen LogP contribution >= 0.6 is 15.9 Å². The van der Waals surface area contributed by atoms with Crippen molar-refractivity contribution in [3.8, 4) is 11.7 Å². The second-order valence-corrected chi connectivity index (χ2v) is 5.81. The van der Waals surface area contributed by atoms with Crippen LogP contribution in [-0.2, 0) is 11.3 Å². The van der Waals surface area contributed by atoms with E-state index < -0.39 is 11.5 Å². The minimum absolute atomic E-state index is 0.256. The summed E-state index contributed by atoms with van der Waals surface area (Å²) in [6, 6.07) is 3.45. The summed E-state index contributed by atoms with van der Waals surface area (Å²) < 4.78 is 11.4. The maximum absolute atomic E-state index is 11.1. The molecule has 1 unspecified atom stereocenters. The summed E-state index contributed by atoms with van der Waals surface area (Å²) in [6.45, 7) is 1.19. The summed E-state index contributed by atoms with van der Waals surface area (Å²) in [6.07, 6.45) is 0.397. The molecule has 0 saturated carbocycles. The quantitative estimate of drug-likeness (QED) is 0.834. The van der Waals surface area contributed by atoms with Crippen LogP contribution in [0.2, 0.25) is 0 Å². The number of aromatic nitrogens is 2. The molecule has 0 aromatic carbocycles. The van der Waals surface area contributed by atoms with Gasteiger partial charge >= 0.3 is 5.97 Å². The Kier molecular flexibility index (Phi) is 3.56. The van der Waals surface area contributed by atoms with Gasteiger partial charge in [0.2, 0.25) is 5.89 Å². The first kappa shape index (κ1) is 14.2. The number of nitrogens with zero attached hydrogens (tertiary/aromatic N) is 3. The van der Waals surface area contributed by atoms with E-state index in [1.54, 1.807) is 12.1 Å². The zero-order chi connectivity index (χ0) is 15.0. The predicted molar refractivity (Wildman–Crippen MR) is 74.1 cm³/mol. The highest BCUT2D eigenvalue weighted by atomic mass is 79.9. The number of aliphatic carboxylic acids is 1. The summed E-state index contributed by atoms with van der Waals surface area (Å²) in [5.74, 6) is 0.164. The van der Waals surface area contributed by atoms with E-state index in [4.69, 9.17) is 19.7 Å². The van der Waals surface area contributed by atoms with Crippen LogP contribution in [0.3, 0.4) is 0 Å². The maximum atomic E-state index is 11.1. The van der Waals surface area contributed by atoms with Crippen molar-refractivity contribution in [2.45, 2.75) is 18.5 Å². The van der Waals surface area contributed by atoms with Crippen LogP contribution in [0.1, 0.15) is 12.3 Å². The van der Waals surface area contributed by atoms with Gasteiger partial charge in [-0.15, -0.1) is 10.2 Å². The van der Waals surface area contributed by atoms with Crippen LogP contribution in [0.25, 0.3) is 11.7 Å². The molecule has 8 nitrogen and oxygen atoms in total. The highest BCUT2D eigenvalue weighted by Crippen LogP contribution is 2.25. The van der Waals surface area contributed by atoms with E-state index in [1.807, 2.05) is 4.90 Å².